The molecule has 0 amide bonds. The molecule has 0 spiro atoms. The van der Waals surface area contributed by atoms with Crippen LogP contribution < -0.4 is 0 Å². The molecule has 0 aromatic carbocycles. The highest BCUT2D eigenvalue weighted by atomic mass is 35.5. The van der Waals surface area contributed by atoms with E-state index < -0.39 is 0 Å². The van der Waals surface area contributed by atoms with Gasteiger partial charge in [-0.25, -0.2) is 0 Å². The lowest BCUT2D eigenvalue weighted by atomic mass is 10.1. The Labute approximate surface area is 59.3 Å². The van der Waals surface area contributed by atoms with E-state index in [9.17, 15) is 4.79 Å². The van der Waals surface area contributed by atoms with Gasteiger partial charge in [-0.1, -0.05) is 12.8 Å². The average Bonchev–Trinajstić information content (AvgIpc) is 2.37. The minimum atomic E-state index is -0.255. The summed E-state index contributed by atoms with van der Waals surface area (Å²) in [4.78, 5) is 10.7. The van der Waals surface area contributed by atoms with Gasteiger partial charge in [0.15, 0.2) is 0 Å². The summed E-state index contributed by atoms with van der Waals surface area (Å²) in [5, 5.41) is 0. The molecule has 0 aromatic rings. The van der Waals surface area contributed by atoms with Crippen LogP contribution in [-0.4, -0.2) is 5.97 Å². The maximum absolute atomic E-state index is 10.7. The molecule has 3 heteroatoms. The van der Waals surface area contributed by atoms with Gasteiger partial charge in [0.1, 0.15) is 11.9 Å². The molecule has 0 radical (unpaired) electrons. The van der Waals surface area contributed by atoms with Crippen molar-refractivity contribution in [1.82, 2.24) is 0 Å². The second-order valence-corrected chi connectivity index (χ2v) is 2.53. The molecule has 1 rings (SSSR count). The zero-order chi connectivity index (χ0) is 6.69. The number of hydrogen-bond acceptors (Lipinski definition) is 2. The summed E-state index contributed by atoms with van der Waals surface area (Å²) in [5.74, 6) is -0.170. The normalized spacial score (nSPS) is 20.1. The van der Waals surface area contributed by atoms with Crippen LogP contribution in [-0.2, 0) is 9.08 Å². The lowest BCUT2D eigenvalue weighted by molar-refractivity contribution is -0.138. The summed E-state index contributed by atoms with van der Waals surface area (Å²) >= 11 is 4.88. The quantitative estimate of drug-likeness (QED) is 0.568. The third-order valence-electron chi connectivity index (χ3n) is 1.76. The van der Waals surface area contributed by atoms with Gasteiger partial charge in [-0.15, -0.1) is 0 Å². The van der Waals surface area contributed by atoms with Gasteiger partial charge >= 0.3 is 5.97 Å². The first kappa shape index (κ1) is 6.87. The maximum Gasteiger partial charge on any atom is 0.327 e. The monoisotopic (exact) mass is 148 g/mol. The van der Waals surface area contributed by atoms with Crippen LogP contribution in [0.5, 0.6) is 0 Å². The topological polar surface area (TPSA) is 26.3 Å². The fourth-order valence-electron chi connectivity index (χ4n) is 1.22. The highest BCUT2D eigenvalue weighted by molar-refractivity contribution is 6.13. The van der Waals surface area contributed by atoms with Gasteiger partial charge in [-0.05, 0) is 12.8 Å². The Bertz CT molecular complexity index is 108. The van der Waals surface area contributed by atoms with Gasteiger partial charge in [0.25, 0.3) is 0 Å². The second-order valence-electron chi connectivity index (χ2n) is 2.38. The van der Waals surface area contributed by atoms with Crippen LogP contribution in [0.3, 0.4) is 0 Å². The Morgan fingerprint density at radius 2 is 2.00 bits per heavy atom. The van der Waals surface area contributed by atoms with Crippen molar-refractivity contribution < 1.29 is 9.08 Å². The fourth-order valence-corrected chi connectivity index (χ4v) is 1.35. The fraction of sp³-hybridized carbons (Fsp3) is 0.833. The van der Waals surface area contributed by atoms with Crippen LogP contribution in [0.2, 0.25) is 0 Å². The molecule has 0 heterocycles. The third kappa shape index (κ3) is 1.58. The number of halogens is 1. The van der Waals surface area contributed by atoms with E-state index in [2.05, 4.69) is 4.29 Å². The molecule has 52 valence electrons. The minimum Gasteiger partial charge on any atom is -0.347 e. The van der Waals surface area contributed by atoms with Gasteiger partial charge in [-0.2, -0.15) is 0 Å². The van der Waals surface area contributed by atoms with Crippen LogP contribution in [0.4, 0.5) is 0 Å². The van der Waals surface area contributed by atoms with E-state index in [-0.39, 0.29) is 11.9 Å². The molecule has 1 aliphatic rings. The van der Waals surface area contributed by atoms with Crippen LogP contribution >= 0.6 is 11.9 Å². The zero-order valence-electron chi connectivity index (χ0n) is 5.10. The highest BCUT2D eigenvalue weighted by Gasteiger charge is 2.23. The largest absolute Gasteiger partial charge is 0.347 e. The Morgan fingerprint density at radius 1 is 1.44 bits per heavy atom. The second kappa shape index (κ2) is 3.06. The van der Waals surface area contributed by atoms with Crippen molar-refractivity contribution in [3.63, 3.8) is 0 Å². The summed E-state index contributed by atoms with van der Waals surface area (Å²) in [6.07, 6.45) is 4.17. The van der Waals surface area contributed by atoms with Crippen LogP contribution in [0, 0.1) is 5.92 Å². The maximum atomic E-state index is 10.7. The van der Waals surface area contributed by atoms with Crippen LogP contribution in [0.25, 0.3) is 0 Å². The molecule has 0 aromatic heterocycles. The number of hydrogen-bond donors (Lipinski definition) is 0. The third-order valence-corrected chi connectivity index (χ3v) is 1.92. The van der Waals surface area contributed by atoms with E-state index in [4.69, 9.17) is 11.9 Å². The van der Waals surface area contributed by atoms with Crippen molar-refractivity contribution in [3.05, 3.63) is 0 Å². The van der Waals surface area contributed by atoms with Crippen molar-refractivity contribution in [2.75, 3.05) is 0 Å². The van der Waals surface area contributed by atoms with E-state index in [0.717, 1.165) is 25.7 Å². The van der Waals surface area contributed by atoms with Gasteiger partial charge in [-0.3, -0.25) is 4.79 Å². The van der Waals surface area contributed by atoms with E-state index in [1.165, 1.54) is 0 Å². The predicted octanol–water partition coefficient (Wildman–Crippen LogP) is 1.87. The Morgan fingerprint density at radius 3 is 2.44 bits per heavy atom. The Hall–Kier alpha value is -0.240. The molecule has 2 nitrogen and oxygen atoms in total. The number of carbonyl (C=O) groups is 1. The summed E-state index contributed by atoms with van der Waals surface area (Å²) < 4.78 is 4.07. The van der Waals surface area contributed by atoms with E-state index in [1.807, 2.05) is 0 Å². The Balaban J connectivity index is 2.32. The van der Waals surface area contributed by atoms with E-state index in [1.54, 1.807) is 0 Å². The number of rotatable bonds is 1. The standard InChI is InChI=1S/C6H9ClO2/c7-9-6(8)5-3-1-2-4-5/h5H,1-4H2. The molecule has 0 atom stereocenters. The van der Waals surface area contributed by atoms with Crippen molar-refractivity contribution in [3.8, 4) is 0 Å². The molecule has 1 fully saturated rings. The lowest BCUT2D eigenvalue weighted by Crippen LogP contribution is -2.09. The summed E-state index contributed by atoms with van der Waals surface area (Å²) in [6.45, 7) is 0. The Kier molecular flexibility index (Phi) is 2.34. The summed E-state index contributed by atoms with van der Waals surface area (Å²) in [6, 6.07) is 0. The van der Waals surface area contributed by atoms with Crippen LogP contribution in [0.15, 0.2) is 0 Å². The molecule has 0 unspecified atom stereocenters. The van der Waals surface area contributed by atoms with Crippen molar-refractivity contribution in [1.29, 1.82) is 0 Å². The van der Waals surface area contributed by atoms with Gasteiger partial charge in [0.2, 0.25) is 0 Å². The van der Waals surface area contributed by atoms with Crippen LogP contribution in [0.1, 0.15) is 25.7 Å². The molecule has 0 saturated heterocycles. The van der Waals surface area contributed by atoms with E-state index >= 15 is 0 Å². The van der Waals surface area contributed by atoms with Crippen molar-refractivity contribution in [2.45, 2.75) is 25.7 Å². The molecular weight excluding hydrogens is 140 g/mol. The van der Waals surface area contributed by atoms with Crippen molar-refractivity contribution in [2.24, 2.45) is 5.92 Å². The van der Waals surface area contributed by atoms with E-state index in [0.29, 0.717) is 0 Å². The average molecular weight is 149 g/mol. The summed E-state index contributed by atoms with van der Waals surface area (Å²) in [7, 11) is 0. The van der Waals surface area contributed by atoms with Gasteiger partial charge in [0.05, 0.1) is 5.92 Å². The minimum absolute atomic E-state index is 0.0856. The molecule has 1 saturated carbocycles. The SMILES string of the molecule is O=C(OCl)C1CCCC1. The molecule has 0 aliphatic heterocycles. The van der Waals surface area contributed by atoms with Gasteiger partial charge < -0.3 is 4.29 Å². The van der Waals surface area contributed by atoms with Gasteiger partial charge in [0, 0.05) is 0 Å². The predicted molar refractivity (Wildman–Crippen MR) is 33.9 cm³/mol. The first-order valence-electron chi connectivity index (χ1n) is 3.17. The van der Waals surface area contributed by atoms with Crippen molar-refractivity contribution >= 4 is 17.8 Å². The summed E-state index contributed by atoms with van der Waals surface area (Å²) in [5.41, 5.74) is 0. The molecule has 9 heavy (non-hydrogen) atoms. The zero-order valence-corrected chi connectivity index (χ0v) is 5.86. The first-order chi connectivity index (χ1) is 4.34. The molecule has 0 N–H and O–H groups in total. The smallest absolute Gasteiger partial charge is 0.327 e. The molecule has 1 aliphatic carbocycles. The lowest BCUT2D eigenvalue weighted by Gasteiger charge is -2.00. The highest BCUT2D eigenvalue weighted by Crippen LogP contribution is 2.25. The number of carbonyl (C=O) groups excluding carboxylic acids is 1. The molecular formula is C6H9ClO2. The first-order valence-corrected chi connectivity index (χ1v) is 3.48. The molecule has 0 bridgehead atoms.